The molecule has 0 saturated heterocycles. The molecule has 0 atom stereocenters. The first kappa shape index (κ1) is 30.6. The Hall–Kier alpha value is -2.41. The predicted octanol–water partition coefficient (Wildman–Crippen LogP) is 6.82. The van der Waals surface area contributed by atoms with Gasteiger partial charge in [-0.1, -0.05) is 55.3 Å². The van der Waals surface area contributed by atoms with Gasteiger partial charge in [0.2, 0.25) is 0 Å². The number of amidine groups is 1. The molecule has 0 fully saturated rings. The number of hydrogen-bond donors (Lipinski definition) is 1. The van der Waals surface area contributed by atoms with Gasteiger partial charge in [0.15, 0.2) is 0 Å². The van der Waals surface area contributed by atoms with Gasteiger partial charge in [0.05, 0.1) is 16.2 Å². The molecule has 1 aromatic rings. The molecule has 33 heavy (non-hydrogen) atoms. The summed E-state index contributed by atoms with van der Waals surface area (Å²) in [6.45, 7) is 20.6. The molecule has 0 saturated carbocycles. The zero-order valence-electron chi connectivity index (χ0n) is 20.8. The second-order valence-electron chi connectivity index (χ2n) is 7.82. The maximum atomic E-state index is 9.49. The number of benzene rings is 1. The van der Waals surface area contributed by atoms with Crippen molar-refractivity contribution < 1.29 is 5.11 Å². The van der Waals surface area contributed by atoms with Gasteiger partial charge in [0.25, 0.3) is 0 Å². The summed E-state index contributed by atoms with van der Waals surface area (Å²) in [6, 6.07) is 7.80. The van der Waals surface area contributed by atoms with E-state index in [1.165, 1.54) is 0 Å². The van der Waals surface area contributed by atoms with Crippen molar-refractivity contribution in [2.24, 2.45) is 15.0 Å². The molecule has 0 bridgehead atoms. The van der Waals surface area contributed by atoms with Crippen LogP contribution in [0.5, 0.6) is 0 Å². The molecule has 1 aromatic carbocycles. The third-order valence-electron chi connectivity index (χ3n) is 4.40. The van der Waals surface area contributed by atoms with Crippen LogP contribution in [0.4, 0.5) is 0 Å². The topological polar surface area (TPSA) is 60.6 Å². The maximum absolute atomic E-state index is 9.49. The van der Waals surface area contributed by atoms with Gasteiger partial charge in [0.1, 0.15) is 5.84 Å². The van der Waals surface area contributed by atoms with Crippen molar-refractivity contribution in [1.82, 2.24) is 4.90 Å². The van der Waals surface area contributed by atoms with E-state index in [0.29, 0.717) is 5.70 Å². The Labute approximate surface area is 209 Å². The average molecular weight is 489 g/mol. The van der Waals surface area contributed by atoms with Crippen molar-refractivity contribution in [3.05, 3.63) is 78.6 Å². The Morgan fingerprint density at radius 1 is 1.15 bits per heavy atom. The van der Waals surface area contributed by atoms with Gasteiger partial charge in [-0.2, -0.15) is 0 Å². The summed E-state index contributed by atoms with van der Waals surface area (Å²) in [7, 11) is 3.73. The second-order valence-corrected chi connectivity index (χ2v) is 9.94. The molecular weight excluding hydrogens is 452 g/mol. The molecule has 1 N–H and O–H groups in total. The summed E-state index contributed by atoms with van der Waals surface area (Å²) in [5, 5.41) is 10.2. The molecule has 1 rings (SSSR count). The van der Waals surface area contributed by atoms with E-state index >= 15 is 0 Å². The molecule has 5 nitrogen and oxygen atoms in total. The first-order chi connectivity index (χ1) is 15.3. The van der Waals surface area contributed by atoms with Crippen LogP contribution in [0.15, 0.2) is 93.5 Å². The van der Waals surface area contributed by atoms with Crippen molar-refractivity contribution in [1.29, 1.82) is 0 Å². The van der Waals surface area contributed by atoms with E-state index < -0.39 is 5.60 Å². The zero-order chi connectivity index (χ0) is 25.7. The average Bonchev–Trinajstić information content (AvgIpc) is 2.74. The molecule has 0 radical (unpaired) electrons. The van der Waals surface area contributed by atoms with Gasteiger partial charge in [-0.05, 0) is 58.9 Å². The molecule has 0 aliphatic heterocycles. The van der Waals surface area contributed by atoms with Crippen LogP contribution in [0.2, 0.25) is 5.02 Å². The molecule has 7 heteroatoms. The van der Waals surface area contributed by atoms with Gasteiger partial charge in [-0.3, -0.25) is 15.0 Å². The summed E-state index contributed by atoms with van der Waals surface area (Å²) < 4.78 is 0. The quantitative estimate of drug-likeness (QED) is 0.136. The Kier molecular flexibility index (Phi) is 13.6. The number of hydrogen-bond acceptors (Lipinski definition) is 5. The molecular formula is C26H37ClN4OS. The number of rotatable bonds is 9. The minimum absolute atomic E-state index is 0.227. The molecule has 0 aliphatic rings. The first-order valence-electron chi connectivity index (χ1n) is 10.4. The van der Waals surface area contributed by atoms with Gasteiger partial charge in [-0.15, -0.1) is 0 Å². The third-order valence-corrected chi connectivity index (χ3v) is 5.93. The molecule has 0 heterocycles. The van der Waals surface area contributed by atoms with Gasteiger partial charge < -0.3 is 10.0 Å². The summed E-state index contributed by atoms with van der Waals surface area (Å²) in [4.78, 5) is 15.4. The van der Waals surface area contributed by atoms with Gasteiger partial charge in [-0.25, -0.2) is 0 Å². The Morgan fingerprint density at radius 3 is 2.15 bits per heavy atom. The van der Waals surface area contributed by atoms with Crippen molar-refractivity contribution >= 4 is 41.6 Å². The van der Waals surface area contributed by atoms with E-state index in [-0.39, 0.29) is 4.87 Å². The first-order valence-corrected chi connectivity index (χ1v) is 11.6. The van der Waals surface area contributed by atoms with Crippen LogP contribution < -0.4 is 0 Å². The lowest BCUT2D eigenvalue weighted by molar-refractivity contribution is 0.123. The minimum atomic E-state index is -0.853. The van der Waals surface area contributed by atoms with Crippen molar-refractivity contribution in [3.63, 3.8) is 0 Å². The van der Waals surface area contributed by atoms with Crippen LogP contribution in [-0.4, -0.2) is 52.8 Å². The number of nitrogens with zero attached hydrogens (tertiary/aromatic N) is 4. The highest BCUT2D eigenvalue weighted by molar-refractivity contribution is 8.00. The summed E-state index contributed by atoms with van der Waals surface area (Å²) >= 11 is 7.66. The van der Waals surface area contributed by atoms with Gasteiger partial charge in [0, 0.05) is 48.2 Å². The van der Waals surface area contributed by atoms with E-state index in [2.05, 4.69) is 53.5 Å². The largest absolute Gasteiger partial charge is 0.386 e. The van der Waals surface area contributed by atoms with Crippen LogP contribution in [0.25, 0.3) is 0 Å². The number of allylic oxidation sites excluding steroid dienone is 1. The van der Waals surface area contributed by atoms with E-state index in [9.17, 15) is 5.11 Å². The monoisotopic (exact) mass is 488 g/mol. The van der Waals surface area contributed by atoms with Crippen LogP contribution in [-0.2, 0) is 0 Å². The third kappa shape index (κ3) is 11.3. The molecule has 0 unspecified atom stereocenters. The lowest BCUT2D eigenvalue weighted by Gasteiger charge is -2.37. The molecule has 0 spiro atoms. The SMILES string of the molecule is C=C/C(=C\N=CC)C(C)(C)O.C=CC=NC(=C)C(=NC)N(C)C(C)(C)Sc1ccc(Cl)cc1. The highest BCUT2D eigenvalue weighted by Gasteiger charge is 2.28. The van der Waals surface area contributed by atoms with E-state index in [0.717, 1.165) is 21.3 Å². The summed E-state index contributed by atoms with van der Waals surface area (Å²) in [5.41, 5.74) is 0.471. The second kappa shape index (κ2) is 14.7. The van der Waals surface area contributed by atoms with Crippen LogP contribution in [0, 0.1) is 0 Å². The molecule has 180 valence electrons. The van der Waals surface area contributed by atoms with Crippen LogP contribution in [0.3, 0.4) is 0 Å². The molecule has 0 aromatic heterocycles. The normalized spacial score (nSPS) is 13.0. The number of thioether (sulfide) groups is 1. The maximum Gasteiger partial charge on any atom is 0.149 e. The zero-order valence-corrected chi connectivity index (χ0v) is 22.4. The van der Waals surface area contributed by atoms with Crippen molar-refractivity contribution in [2.45, 2.75) is 50.0 Å². The highest BCUT2D eigenvalue weighted by Crippen LogP contribution is 2.36. The lowest BCUT2D eigenvalue weighted by Crippen LogP contribution is -2.43. The summed E-state index contributed by atoms with van der Waals surface area (Å²) in [5.74, 6) is 0.740. The highest BCUT2D eigenvalue weighted by atomic mass is 35.5. The van der Waals surface area contributed by atoms with E-state index in [4.69, 9.17) is 11.6 Å². The Balaban J connectivity index is 0.000000785. The standard InChI is InChI=1S/C17H22ClN3S.C9H15NO/c1-7-12-20-13(2)16(19-5)21(6)17(3,4)22-15-10-8-14(18)9-11-15;1-5-8(7-10-6-2)9(3,4)11/h7-12H,1-2H2,3-6H3;5-7,11H,1H2,2-4H3/b;8-7+,10-6?. The fourth-order valence-electron chi connectivity index (χ4n) is 2.40. The number of aliphatic imine (C=N–C) groups is 3. The minimum Gasteiger partial charge on any atom is -0.386 e. The number of likely N-dealkylation sites (N-methyl/N-ethyl adjacent to an activating group) is 1. The van der Waals surface area contributed by atoms with E-state index in [1.807, 2.05) is 38.2 Å². The van der Waals surface area contributed by atoms with Crippen LogP contribution in [0.1, 0.15) is 34.6 Å². The fraction of sp³-hybridized carbons (Fsp3) is 0.346. The molecule has 0 aliphatic carbocycles. The smallest absolute Gasteiger partial charge is 0.149 e. The van der Waals surface area contributed by atoms with Gasteiger partial charge >= 0.3 is 0 Å². The Bertz CT molecular complexity index is 907. The van der Waals surface area contributed by atoms with Crippen LogP contribution >= 0.6 is 23.4 Å². The van der Waals surface area contributed by atoms with Crippen molar-refractivity contribution in [2.75, 3.05) is 14.1 Å². The van der Waals surface area contributed by atoms with E-state index in [1.54, 1.807) is 63.4 Å². The number of aliphatic hydroxyl groups is 1. The summed E-state index contributed by atoms with van der Waals surface area (Å²) in [6.07, 6.45) is 8.10. The predicted molar refractivity (Wildman–Crippen MR) is 149 cm³/mol. The number of halogens is 1. The fourth-order valence-corrected chi connectivity index (χ4v) is 3.60. The molecule has 0 amide bonds. The Morgan fingerprint density at radius 2 is 1.73 bits per heavy atom. The lowest BCUT2D eigenvalue weighted by atomic mass is 10.00. The van der Waals surface area contributed by atoms with Crippen molar-refractivity contribution in [3.8, 4) is 0 Å².